The van der Waals surface area contributed by atoms with Crippen LogP contribution in [-0.2, 0) is 0 Å². The number of hydrogen-bond donors (Lipinski definition) is 1. The summed E-state index contributed by atoms with van der Waals surface area (Å²) < 4.78 is 5.68. The Balaban J connectivity index is 1.53. The van der Waals surface area contributed by atoms with Crippen LogP contribution in [0.4, 0.5) is 0 Å². The minimum absolute atomic E-state index is 0.0416. The van der Waals surface area contributed by atoms with Gasteiger partial charge in [0.15, 0.2) is 0 Å². The molecule has 1 saturated carbocycles. The quantitative estimate of drug-likeness (QED) is 0.861. The first-order valence-corrected chi connectivity index (χ1v) is 7.24. The highest BCUT2D eigenvalue weighted by Gasteiger charge is 2.29. The summed E-state index contributed by atoms with van der Waals surface area (Å²) in [4.78, 5) is 0. The molecule has 0 radical (unpaired) electrons. The molecule has 2 nitrogen and oxygen atoms in total. The van der Waals surface area contributed by atoms with Crippen molar-refractivity contribution in [3.05, 3.63) is 29.8 Å². The van der Waals surface area contributed by atoms with Crippen LogP contribution in [0.5, 0.6) is 5.75 Å². The number of fused-ring (bicyclic) bond motifs is 1. The normalized spacial score (nSPS) is 24.2. The van der Waals surface area contributed by atoms with Gasteiger partial charge in [-0.2, -0.15) is 0 Å². The van der Waals surface area contributed by atoms with E-state index in [1.165, 1.54) is 24.8 Å². The fraction of sp³-hybridized carbons (Fsp3) is 0.625. The van der Waals surface area contributed by atoms with Crippen LogP contribution in [0.1, 0.15) is 50.0 Å². The van der Waals surface area contributed by atoms with Crippen LogP contribution in [0, 0.1) is 5.92 Å². The summed E-state index contributed by atoms with van der Waals surface area (Å²) in [5, 5.41) is 9.89. The highest BCUT2D eigenvalue weighted by Crippen LogP contribution is 2.38. The molecule has 0 saturated heterocycles. The Kier molecular flexibility index (Phi) is 3.55. The van der Waals surface area contributed by atoms with Gasteiger partial charge in [-0.05, 0) is 55.6 Å². The molecule has 2 heteroatoms. The second kappa shape index (κ2) is 5.31. The Morgan fingerprint density at radius 1 is 1.22 bits per heavy atom. The van der Waals surface area contributed by atoms with Gasteiger partial charge in [-0.15, -0.1) is 0 Å². The Hall–Kier alpha value is -1.02. The summed E-state index contributed by atoms with van der Waals surface area (Å²) in [6, 6.07) is 8.40. The predicted molar refractivity (Wildman–Crippen MR) is 71.9 cm³/mol. The lowest BCUT2D eigenvalue weighted by molar-refractivity contribution is 0.136. The van der Waals surface area contributed by atoms with Gasteiger partial charge in [-0.3, -0.25) is 0 Å². The number of ether oxygens (including phenoxy) is 1. The van der Waals surface area contributed by atoms with E-state index in [0.29, 0.717) is 11.8 Å². The van der Waals surface area contributed by atoms with Crippen LogP contribution in [0.3, 0.4) is 0 Å². The van der Waals surface area contributed by atoms with Crippen molar-refractivity contribution in [2.24, 2.45) is 5.92 Å². The average Bonchev–Trinajstić information content (AvgIpc) is 3.23. The zero-order valence-corrected chi connectivity index (χ0v) is 10.8. The minimum Gasteiger partial charge on any atom is -0.493 e. The van der Waals surface area contributed by atoms with E-state index in [1.54, 1.807) is 0 Å². The van der Waals surface area contributed by atoms with Crippen molar-refractivity contribution < 1.29 is 9.84 Å². The largest absolute Gasteiger partial charge is 0.493 e. The summed E-state index contributed by atoms with van der Waals surface area (Å²) >= 11 is 0. The maximum absolute atomic E-state index is 9.89. The number of aliphatic hydroxyl groups excluding tert-OH is 1. The monoisotopic (exact) mass is 246 g/mol. The van der Waals surface area contributed by atoms with Gasteiger partial charge < -0.3 is 9.84 Å². The number of benzene rings is 1. The van der Waals surface area contributed by atoms with Crippen LogP contribution in [-0.4, -0.2) is 17.8 Å². The van der Waals surface area contributed by atoms with Crippen LogP contribution >= 0.6 is 0 Å². The maximum atomic E-state index is 9.89. The SMILES string of the molecule is OC(CCCC1CCOc2ccccc21)C1CC1. The molecule has 1 heterocycles. The van der Waals surface area contributed by atoms with Crippen molar-refractivity contribution in [1.29, 1.82) is 0 Å². The van der Waals surface area contributed by atoms with Crippen molar-refractivity contribution >= 4 is 0 Å². The molecule has 3 rings (SSSR count). The van der Waals surface area contributed by atoms with Crippen molar-refractivity contribution in [3.63, 3.8) is 0 Å². The summed E-state index contributed by atoms with van der Waals surface area (Å²) in [5.41, 5.74) is 1.37. The standard InChI is InChI=1S/C16H22O2/c17-15(13-8-9-13)6-3-4-12-10-11-18-16-7-2-1-5-14(12)16/h1-2,5,7,12-13,15,17H,3-4,6,8-11H2. The van der Waals surface area contributed by atoms with Gasteiger partial charge in [0, 0.05) is 0 Å². The Labute approximate surface area is 109 Å². The Morgan fingerprint density at radius 3 is 2.89 bits per heavy atom. The molecule has 1 fully saturated rings. The predicted octanol–water partition coefficient (Wildman–Crippen LogP) is 3.49. The van der Waals surface area contributed by atoms with Gasteiger partial charge in [-0.1, -0.05) is 24.6 Å². The number of aliphatic hydroxyl groups is 1. The molecule has 2 unspecified atom stereocenters. The molecule has 98 valence electrons. The van der Waals surface area contributed by atoms with Gasteiger partial charge >= 0.3 is 0 Å². The summed E-state index contributed by atoms with van der Waals surface area (Å²) in [7, 11) is 0. The zero-order chi connectivity index (χ0) is 12.4. The molecule has 1 aromatic carbocycles. The third-order valence-electron chi connectivity index (χ3n) is 4.30. The first kappa shape index (κ1) is 12.0. The van der Waals surface area contributed by atoms with Gasteiger partial charge in [-0.25, -0.2) is 0 Å². The molecule has 1 aliphatic carbocycles. The third kappa shape index (κ3) is 2.69. The van der Waals surface area contributed by atoms with Crippen LogP contribution < -0.4 is 4.74 Å². The third-order valence-corrected chi connectivity index (χ3v) is 4.30. The van der Waals surface area contributed by atoms with Gasteiger partial charge in [0.05, 0.1) is 12.7 Å². The first-order chi connectivity index (χ1) is 8.84. The molecular weight excluding hydrogens is 224 g/mol. The smallest absolute Gasteiger partial charge is 0.122 e. The van der Waals surface area contributed by atoms with Crippen molar-refractivity contribution in [1.82, 2.24) is 0 Å². The molecular formula is C16H22O2. The molecule has 2 atom stereocenters. The Bertz CT molecular complexity index is 398. The molecule has 2 aliphatic rings. The molecule has 1 N–H and O–H groups in total. The van der Waals surface area contributed by atoms with Crippen LogP contribution in [0.15, 0.2) is 24.3 Å². The maximum Gasteiger partial charge on any atom is 0.122 e. The van der Waals surface area contributed by atoms with Crippen molar-refractivity contribution in [2.75, 3.05) is 6.61 Å². The molecule has 0 amide bonds. The van der Waals surface area contributed by atoms with Crippen LogP contribution in [0.25, 0.3) is 0 Å². The van der Waals surface area contributed by atoms with E-state index >= 15 is 0 Å². The van der Waals surface area contributed by atoms with E-state index in [0.717, 1.165) is 31.6 Å². The topological polar surface area (TPSA) is 29.5 Å². The van der Waals surface area contributed by atoms with E-state index in [1.807, 2.05) is 6.07 Å². The summed E-state index contributed by atoms with van der Waals surface area (Å²) in [6.07, 6.45) is 6.85. The second-order valence-corrected chi connectivity index (χ2v) is 5.71. The highest BCUT2D eigenvalue weighted by atomic mass is 16.5. The van der Waals surface area contributed by atoms with Gasteiger partial charge in [0.25, 0.3) is 0 Å². The van der Waals surface area contributed by atoms with E-state index in [2.05, 4.69) is 18.2 Å². The lowest BCUT2D eigenvalue weighted by Gasteiger charge is -2.26. The van der Waals surface area contributed by atoms with E-state index in [9.17, 15) is 5.11 Å². The van der Waals surface area contributed by atoms with Gasteiger partial charge in [0.1, 0.15) is 5.75 Å². The molecule has 0 aromatic heterocycles. The lowest BCUT2D eigenvalue weighted by atomic mass is 9.88. The lowest BCUT2D eigenvalue weighted by Crippen LogP contribution is -2.15. The van der Waals surface area contributed by atoms with Crippen molar-refractivity contribution in [2.45, 2.75) is 50.5 Å². The minimum atomic E-state index is -0.0416. The second-order valence-electron chi connectivity index (χ2n) is 5.71. The molecule has 0 bridgehead atoms. The number of para-hydroxylation sites is 1. The highest BCUT2D eigenvalue weighted by molar-refractivity contribution is 5.37. The molecule has 1 aromatic rings. The van der Waals surface area contributed by atoms with Gasteiger partial charge in [0.2, 0.25) is 0 Å². The fourth-order valence-electron chi connectivity index (χ4n) is 3.01. The fourth-order valence-corrected chi connectivity index (χ4v) is 3.01. The molecule has 1 aliphatic heterocycles. The summed E-state index contributed by atoms with van der Waals surface area (Å²) in [5.74, 6) is 2.31. The van der Waals surface area contributed by atoms with E-state index in [-0.39, 0.29) is 6.10 Å². The summed E-state index contributed by atoms with van der Waals surface area (Å²) in [6.45, 7) is 0.840. The molecule has 18 heavy (non-hydrogen) atoms. The number of hydrogen-bond acceptors (Lipinski definition) is 2. The average molecular weight is 246 g/mol. The molecule has 0 spiro atoms. The number of rotatable bonds is 5. The van der Waals surface area contributed by atoms with Crippen molar-refractivity contribution in [3.8, 4) is 5.75 Å². The first-order valence-electron chi connectivity index (χ1n) is 7.24. The van der Waals surface area contributed by atoms with E-state index in [4.69, 9.17) is 4.74 Å². The Morgan fingerprint density at radius 2 is 2.06 bits per heavy atom. The van der Waals surface area contributed by atoms with Crippen LogP contribution in [0.2, 0.25) is 0 Å². The zero-order valence-electron chi connectivity index (χ0n) is 10.8. The van der Waals surface area contributed by atoms with E-state index < -0.39 is 0 Å².